The first-order valence-electron chi connectivity index (χ1n) is 25.9. The summed E-state index contributed by atoms with van der Waals surface area (Å²) in [6.45, 7) is 2.41. The topological polar surface area (TPSA) is 346 Å². The second kappa shape index (κ2) is 25.4. The molecule has 0 unspecified atom stereocenters. The van der Waals surface area contributed by atoms with E-state index in [-0.39, 0.29) is 72.9 Å². The van der Waals surface area contributed by atoms with Crippen molar-refractivity contribution < 1.29 is 74.1 Å². The van der Waals surface area contributed by atoms with E-state index < -0.39 is 103 Å². The van der Waals surface area contributed by atoms with Crippen LogP contribution in [0.1, 0.15) is 71.6 Å². The molecule has 75 heavy (non-hydrogen) atoms. The Morgan fingerprint density at radius 3 is 2.61 bits per heavy atom. The van der Waals surface area contributed by atoms with Gasteiger partial charge in [0.1, 0.15) is 18.3 Å². The van der Waals surface area contributed by atoms with Crippen molar-refractivity contribution in [1.82, 2.24) is 15.5 Å². The summed E-state index contributed by atoms with van der Waals surface area (Å²) < 4.78 is 31.7. The van der Waals surface area contributed by atoms with Crippen molar-refractivity contribution in [2.75, 3.05) is 51.8 Å². The van der Waals surface area contributed by atoms with Crippen molar-refractivity contribution in [3.63, 3.8) is 0 Å². The number of fused-ring (bicyclic) bond motifs is 8. The number of aliphatic carboxylic acids is 1. The number of hydrogen-bond acceptors (Lipinski definition) is 21. The van der Waals surface area contributed by atoms with Gasteiger partial charge in [0.05, 0.1) is 59.6 Å². The number of allylic oxidation sites excluding steroid dienone is 2. The summed E-state index contributed by atoms with van der Waals surface area (Å²) in [5.41, 5.74) is 14.3. The van der Waals surface area contributed by atoms with Crippen molar-refractivity contribution in [1.29, 1.82) is 0 Å². The minimum Gasteiger partial charge on any atom is -0.478 e. The lowest BCUT2D eigenvalue weighted by atomic mass is 9.76. The van der Waals surface area contributed by atoms with Crippen molar-refractivity contribution >= 4 is 45.4 Å². The minimum atomic E-state index is -2.99. The Kier molecular flexibility index (Phi) is 19.3. The van der Waals surface area contributed by atoms with Gasteiger partial charge in [0, 0.05) is 74.2 Å². The third-order valence-electron chi connectivity index (χ3n) is 15.2. The van der Waals surface area contributed by atoms with Crippen LogP contribution in [0.3, 0.4) is 0 Å². The number of nitrogens with zero attached hydrogens (tertiary/aromatic N) is 3. The molecule has 1 saturated heterocycles. The van der Waals surface area contributed by atoms with Crippen LogP contribution in [0.2, 0.25) is 0 Å². The third-order valence-corrected chi connectivity index (χ3v) is 18.2. The molecule has 0 radical (unpaired) electrons. The number of aliphatic imine (C=N–C) groups is 2. The molecule has 3 fully saturated rings. The van der Waals surface area contributed by atoms with E-state index in [0.717, 1.165) is 18.4 Å². The van der Waals surface area contributed by atoms with Gasteiger partial charge in [-0.15, -0.1) is 0 Å². The van der Waals surface area contributed by atoms with E-state index in [4.69, 9.17) is 35.2 Å². The van der Waals surface area contributed by atoms with Crippen LogP contribution in [0.25, 0.3) is 0 Å². The molecule has 0 aromatic carbocycles. The van der Waals surface area contributed by atoms with Crippen molar-refractivity contribution in [2.24, 2.45) is 51.0 Å². The van der Waals surface area contributed by atoms with Gasteiger partial charge in [-0.1, -0.05) is 45.1 Å². The molecular weight excluding hydrogens is 1010 g/mol. The highest BCUT2D eigenvalue weighted by molar-refractivity contribution is 8.77. The quantitative estimate of drug-likeness (QED) is 0.0150. The van der Waals surface area contributed by atoms with Gasteiger partial charge in [-0.05, 0) is 89.2 Å². The summed E-state index contributed by atoms with van der Waals surface area (Å²) in [6, 6.07) is -0.910. The van der Waals surface area contributed by atoms with E-state index in [0.29, 0.717) is 68.4 Å². The number of nitrogens with one attached hydrogen (secondary N) is 2. The molecule has 8 rings (SSSR count). The summed E-state index contributed by atoms with van der Waals surface area (Å²) in [6.07, 6.45) is 2.32. The van der Waals surface area contributed by atoms with E-state index in [9.17, 15) is 45.6 Å². The number of esters is 1. The van der Waals surface area contributed by atoms with E-state index in [2.05, 4.69) is 32.5 Å². The molecule has 14 N–H and O–H groups in total. The zero-order valence-corrected chi connectivity index (χ0v) is 43.9. The summed E-state index contributed by atoms with van der Waals surface area (Å²) in [5, 5.41) is 92.9. The molecule has 14 atom stereocenters. The lowest BCUT2D eigenvalue weighted by Gasteiger charge is -2.48. The Labute approximate surface area is 444 Å². The SMILES string of the molecule is CC(C)O[C@H]1[C@H](O[C@@H]2OC=C3C(=O)O[C@@H]4CC[C@H](CO)[C@H]4CSS[C@H]4[C@H](C[C@H]5CCN=C(N)N5)C#C/C(=C\C5=C(NC(N)=NCCCO)C(C(=O)O)=CN(C5)[C@H]4CO)[C@H]3[C@H]2C=C2CCCC2)O[C@H](CO)[C@@H](O)C1(O)O. The van der Waals surface area contributed by atoms with Crippen LogP contribution in [0.15, 0.2) is 68.2 Å². The van der Waals surface area contributed by atoms with Gasteiger partial charge >= 0.3 is 11.9 Å². The van der Waals surface area contributed by atoms with Gasteiger partial charge in [-0.3, -0.25) is 9.98 Å². The maximum atomic E-state index is 15.2. The number of rotatable bonds is 15. The molecular formula is C51H73N7O15S2. The smallest absolute Gasteiger partial charge is 0.339 e. The maximum absolute atomic E-state index is 15.2. The predicted octanol–water partition coefficient (Wildman–Crippen LogP) is 0.0346. The third kappa shape index (κ3) is 13.0. The summed E-state index contributed by atoms with van der Waals surface area (Å²) in [5.74, 6) is -0.379. The van der Waals surface area contributed by atoms with Gasteiger partial charge in [0.25, 0.3) is 0 Å². The number of carboxylic acid groups (broad SMARTS) is 1. The van der Waals surface area contributed by atoms with E-state index >= 15 is 4.79 Å². The molecule has 8 aliphatic rings. The van der Waals surface area contributed by atoms with Crippen LogP contribution >= 0.6 is 21.6 Å². The maximum Gasteiger partial charge on any atom is 0.339 e. The Balaban J connectivity index is 1.38. The minimum absolute atomic E-state index is 0.00888. The first kappa shape index (κ1) is 56.8. The van der Waals surface area contributed by atoms with Gasteiger partial charge < -0.3 is 91.5 Å². The van der Waals surface area contributed by atoms with Gasteiger partial charge in [0.15, 0.2) is 24.3 Å². The highest BCUT2D eigenvalue weighted by Gasteiger charge is 2.58. The average molecular weight is 1090 g/mol. The van der Waals surface area contributed by atoms with Crippen LogP contribution in [0, 0.1) is 41.4 Å². The lowest BCUT2D eigenvalue weighted by molar-refractivity contribution is -0.413. The largest absolute Gasteiger partial charge is 0.478 e. The fourth-order valence-corrected chi connectivity index (χ4v) is 14.8. The summed E-state index contributed by atoms with van der Waals surface area (Å²) in [7, 11) is 3.02. The van der Waals surface area contributed by atoms with Crippen LogP contribution in [-0.2, 0) is 33.3 Å². The Morgan fingerprint density at radius 1 is 1.13 bits per heavy atom. The fourth-order valence-electron chi connectivity index (χ4n) is 11.3. The molecule has 4 bridgehead atoms. The number of hydrogen-bond donors (Lipinski definition) is 12. The van der Waals surface area contributed by atoms with Gasteiger partial charge in [-0.25, -0.2) is 9.59 Å². The lowest BCUT2D eigenvalue weighted by Crippen LogP contribution is -2.69. The van der Waals surface area contributed by atoms with E-state index in [1.807, 2.05) is 6.08 Å². The average Bonchev–Trinajstić information content (AvgIpc) is 4.04. The second-order valence-corrected chi connectivity index (χ2v) is 23.2. The van der Waals surface area contributed by atoms with E-state index in [1.54, 1.807) is 24.8 Å². The van der Waals surface area contributed by atoms with Gasteiger partial charge in [-0.2, -0.15) is 0 Å². The van der Waals surface area contributed by atoms with Crippen molar-refractivity contribution in [2.45, 2.75) is 138 Å². The molecule has 6 heterocycles. The van der Waals surface area contributed by atoms with Crippen molar-refractivity contribution in [3.8, 4) is 11.8 Å². The molecule has 2 aliphatic carbocycles. The number of ether oxygens (including phenoxy) is 5. The number of aliphatic hydroxyl groups excluding tert-OH is 5. The zero-order valence-electron chi connectivity index (χ0n) is 42.2. The number of guanidine groups is 2. The first-order valence-corrected chi connectivity index (χ1v) is 28.3. The van der Waals surface area contributed by atoms with Crippen LogP contribution in [0.4, 0.5) is 0 Å². The summed E-state index contributed by atoms with van der Waals surface area (Å²) in [4.78, 5) is 39.3. The number of nitrogens with two attached hydrogens (primary N) is 2. The van der Waals surface area contributed by atoms with Crippen LogP contribution in [-0.4, -0.2) is 188 Å². The molecule has 414 valence electrons. The second-order valence-electron chi connectivity index (χ2n) is 20.6. The highest BCUT2D eigenvalue weighted by Crippen LogP contribution is 2.48. The molecule has 0 aromatic heterocycles. The number of carboxylic acids is 1. The number of carbonyl (C=O) groups excluding carboxylic acids is 1. The molecule has 6 aliphatic heterocycles. The number of aliphatic hydroxyl groups is 7. The monoisotopic (exact) mass is 1090 g/mol. The zero-order chi connectivity index (χ0) is 53.6. The molecule has 24 heteroatoms. The predicted molar refractivity (Wildman–Crippen MR) is 277 cm³/mol. The number of carbonyl (C=O) groups is 2. The molecule has 0 amide bonds. The molecule has 2 saturated carbocycles. The normalized spacial score (nSPS) is 35.8. The first-order chi connectivity index (χ1) is 36.0. The Bertz CT molecular complexity index is 2360. The van der Waals surface area contributed by atoms with Crippen molar-refractivity contribution in [3.05, 3.63) is 58.2 Å². The van der Waals surface area contributed by atoms with Crippen LogP contribution < -0.4 is 22.1 Å². The van der Waals surface area contributed by atoms with Crippen LogP contribution in [0.5, 0.6) is 0 Å². The summed E-state index contributed by atoms with van der Waals surface area (Å²) >= 11 is 0. The van der Waals surface area contributed by atoms with Gasteiger partial charge in [0.2, 0.25) is 12.1 Å². The van der Waals surface area contributed by atoms with E-state index in [1.165, 1.54) is 34.0 Å². The Morgan fingerprint density at radius 2 is 1.92 bits per heavy atom. The Hall–Kier alpha value is -4.36. The fraction of sp³-hybridized carbons (Fsp3) is 0.686. The molecule has 0 spiro atoms. The highest BCUT2D eigenvalue weighted by atomic mass is 33.1. The standard InChI is InChI=1S/C51H73N7O15S2/c1-26(2)70-44-48(72-39(23-62)43(63)51(44,67)68)73-47-33(16-27-6-3-4-7-27)40-28-8-9-29(18-32-12-14-55-49(52)56-32)42(75-74-25-36-30(21-60)10-11-38(36)71-46(66)35(40)24-69-47)37(22-61)58-19-31(17-28)41(34(20-58)45(64)65)57-50(53)54-13-5-15-59/h16-17,20,24,26,29-30,32-33,36-40,42-44,47-48,59-63,67-68H,3-7,10-15,18-19,21-23,25H2,1-2H3,(H,64,65)(H3,52,55,56)(H3,53,54,57)/b28-17+/t29-,30+,32+,33+,36+,37-,38+,39+,40-,42-,43+,44-,47-,48-/m0/s1. The molecule has 22 nitrogen and oxygen atoms in total. The molecule has 0 aromatic rings.